The number of ether oxygens (including phenoxy) is 1. The van der Waals surface area contributed by atoms with E-state index in [4.69, 9.17) is 16.3 Å². The molecule has 1 atom stereocenters. The number of hydrogen-bond donors (Lipinski definition) is 1. The second kappa shape index (κ2) is 6.89. The van der Waals surface area contributed by atoms with Crippen molar-refractivity contribution < 1.29 is 4.74 Å². The molecule has 1 saturated heterocycles. The third-order valence-corrected chi connectivity index (χ3v) is 2.64. The summed E-state index contributed by atoms with van der Waals surface area (Å²) in [5.74, 6) is 0. The molecule has 0 radical (unpaired) electrons. The molecule has 2 heterocycles. The Morgan fingerprint density at radius 1 is 1.50 bits per heavy atom. The molecule has 4 nitrogen and oxygen atoms in total. The Kier molecular flexibility index (Phi) is 5.80. The highest BCUT2D eigenvalue weighted by molar-refractivity contribution is 6.29. The Labute approximate surface area is 106 Å². The van der Waals surface area contributed by atoms with Gasteiger partial charge >= 0.3 is 6.01 Å². The zero-order valence-electron chi connectivity index (χ0n) is 8.86. The van der Waals surface area contributed by atoms with E-state index in [1.807, 2.05) is 0 Å². The maximum atomic E-state index is 5.72. The minimum Gasteiger partial charge on any atom is -0.462 e. The van der Waals surface area contributed by atoms with Crippen LogP contribution in [0.4, 0.5) is 0 Å². The van der Waals surface area contributed by atoms with Gasteiger partial charge in [-0.1, -0.05) is 18.0 Å². The van der Waals surface area contributed by atoms with Crippen LogP contribution < -0.4 is 10.1 Å². The zero-order valence-corrected chi connectivity index (χ0v) is 10.4. The standard InChI is InChI=1S/C10H14ClN3O.ClH/c11-9-4-6-13-10(14-9)15-7-8-3-1-2-5-12-8;/h4,6,8,12H,1-3,5,7H2;1H. The van der Waals surface area contributed by atoms with E-state index >= 15 is 0 Å². The second-order valence-electron chi connectivity index (χ2n) is 3.62. The normalized spacial score (nSPS) is 19.9. The topological polar surface area (TPSA) is 47.0 Å². The Hall–Kier alpha value is -0.580. The van der Waals surface area contributed by atoms with Crippen molar-refractivity contribution in [1.29, 1.82) is 0 Å². The molecular weight excluding hydrogens is 249 g/mol. The molecule has 1 fully saturated rings. The highest BCUT2D eigenvalue weighted by Crippen LogP contribution is 2.10. The molecule has 0 aromatic carbocycles. The lowest BCUT2D eigenvalue weighted by atomic mass is 10.1. The quantitative estimate of drug-likeness (QED) is 0.849. The summed E-state index contributed by atoms with van der Waals surface area (Å²) in [7, 11) is 0. The van der Waals surface area contributed by atoms with Crippen molar-refractivity contribution in [2.45, 2.75) is 25.3 Å². The van der Waals surface area contributed by atoms with Crippen molar-refractivity contribution in [3.8, 4) is 6.01 Å². The minimum atomic E-state index is 0. The van der Waals surface area contributed by atoms with Crippen LogP contribution in [0, 0.1) is 0 Å². The first-order chi connectivity index (χ1) is 7.34. The van der Waals surface area contributed by atoms with E-state index in [1.165, 1.54) is 12.8 Å². The van der Waals surface area contributed by atoms with Crippen LogP contribution in [0.15, 0.2) is 12.3 Å². The number of hydrogen-bond acceptors (Lipinski definition) is 4. The van der Waals surface area contributed by atoms with E-state index in [1.54, 1.807) is 12.3 Å². The third-order valence-electron chi connectivity index (χ3n) is 2.43. The van der Waals surface area contributed by atoms with Gasteiger partial charge in [0.2, 0.25) is 0 Å². The SMILES string of the molecule is Cl.Clc1ccnc(OCC2CCCCN2)n1. The van der Waals surface area contributed by atoms with Crippen molar-refractivity contribution in [2.24, 2.45) is 0 Å². The summed E-state index contributed by atoms with van der Waals surface area (Å²) in [6, 6.07) is 2.41. The predicted octanol–water partition coefficient (Wildman–Crippen LogP) is 2.07. The highest BCUT2D eigenvalue weighted by atomic mass is 35.5. The summed E-state index contributed by atoms with van der Waals surface area (Å²) in [5, 5.41) is 3.80. The maximum absolute atomic E-state index is 5.72. The lowest BCUT2D eigenvalue weighted by molar-refractivity contribution is 0.224. The Morgan fingerprint density at radius 3 is 3.06 bits per heavy atom. The summed E-state index contributed by atoms with van der Waals surface area (Å²) in [5.41, 5.74) is 0. The van der Waals surface area contributed by atoms with Gasteiger partial charge in [-0.3, -0.25) is 0 Å². The number of nitrogens with one attached hydrogen (secondary N) is 1. The molecule has 2 rings (SSSR count). The van der Waals surface area contributed by atoms with Crippen LogP contribution in [0.1, 0.15) is 19.3 Å². The van der Waals surface area contributed by atoms with E-state index in [2.05, 4.69) is 15.3 Å². The lowest BCUT2D eigenvalue weighted by Gasteiger charge is -2.22. The molecule has 0 spiro atoms. The van der Waals surface area contributed by atoms with Gasteiger partial charge in [0.25, 0.3) is 0 Å². The zero-order chi connectivity index (χ0) is 10.5. The molecule has 1 aliphatic rings. The largest absolute Gasteiger partial charge is 0.462 e. The molecule has 90 valence electrons. The molecule has 1 aliphatic heterocycles. The van der Waals surface area contributed by atoms with Crippen molar-refractivity contribution in [1.82, 2.24) is 15.3 Å². The van der Waals surface area contributed by atoms with Crippen LogP contribution in [-0.2, 0) is 0 Å². The molecule has 0 aliphatic carbocycles. The Morgan fingerprint density at radius 2 is 2.38 bits per heavy atom. The van der Waals surface area contributed by atoms with Crippen molar-refractivity contribution in [3.05, 3.63) is 17.4 Å². The summed E-state index contributed by atoms with van der Waals surface area (Å²) in [4.78, 5) is 7.94. The van der Waals surface area contributed by atoms with Crippen LogP contribution in [0.2, 0.25) is 5.15 Å². The van der Waals surface area contributed by atoms with Crippen LogP contribution in [-0.4, -0.2) is 29.2 Å². The molecule has 1 N–H and O–H groups in total. The number of halogens is 2. The highest BCUT2D eigenvalue weighted by Gasteiger charge is 2.13. The van der Waals surface area contributed by atoms with Gasteiger partial charge in [0.1, 0.15) is 11.8 Å². The van der Waals surface area contributed by atoms with E-state index in [0.29, 0.717) is 23.8 Å². The summed E-state index contributed by atoms with van der Waals surface area (Å²) < 4.78 is 5.46. The molecule has 0 amide bonds. The lowest BCUT2D eigenvalue weighted by Crippen LogP contribution is -2.38. The van der Waals surface area contributed by atoms with Gasteiger partial charge in [-0.15, -0.1) is 12.4 Å². The van der Waals surface area contributed by atoms with Crippen LogP contribution in [0.25, 0.3) is 0 Å². The van der Waals surface area contributed by atoms with Crippen LogP contribution in [0.3, 0.4) is 0 Å². The number of piperidine rings is 1. The van der Waals surface area contributed by atoms with Crippen LogP contribution >= 0.6 is 24.0 Å². The maximum Gasteiger partial charge on any atom is 0.317 e. The first-order valence-corrected chi connectivity index (χ1v) is 5.57. The molecular formula is C10H15Cl2N3O. The first kappa shape index (κ1) is 13.5. The fourth-order valence-corrected chi connectivity index (χ4v) is 1.76. The number of aromatic nitrogens is 2. The summed E-state index contributed by atoms with van der Waals surface area (Å²) in [6.07, 6.45) is 5.27. The number of nitrogens with zero attached hydrogens (tertiary/aromatic N) is 2. The van der Waals surface area contributed by atoms with Gasteiger partial charge in [-0.05, 0) is 25.5 Å². The van der Waals surface area contributed by atoms with E-state index in [-0.39, 0.29) is 12.4 Å². The average molecular weight is 264 g/mol. The fraction of sp³-hybridized carbons (Fsp3) is 0.600. The van der Waals surface area contributed by atoms with Gasteiger partial charge in [-0.2, -0.15) is 4.98 Å². The Bertz CT molecular complexity index is 319. The van der Waals surface area contributed by atoms with Gasteiger partial charge in [0.15, 0.2) is 0 Å². The second-order valence-corrected chi connectivity index (χ2v) is 4.01. The van der Waals surface area contributed by atoms with Gasteiger partial charge in [-0.25, -0.2) is 4.98 Å². The number of rotatable bonds is 3. The smallest absolute Gasteiger partial charge is 0.317 e. The molecule has 0 saturated carbocycles. The fourth-order valence-electron chi connectivity index (χ4n) is 1.63. The van der Waals surface area contributed by atoms with E-state index in [0.717, 1.165) is 13.0 Å². The molecule has 16 heavy (non-hydrogen) atoms. The average Bonchev–Trinajstić information content (AvgIpc) is 2.28. The first-order valence-electron chi connectivity index (χ1n) is 5.19. The predicted molar refractivity (Wildman–Crippen MR) is 65.4 cm³/mol. The van der Waals surface area contributed by atoms with Crippen molar-refractivity contribution in [3.63, 3.8) is 0 Å². The molecule has 1 aromatic rings. The molecule has 0 bridgehead atoms. The minimum absolute atomic E-state index is 0. The van der Waals surface area contributed by atoms with E-state index < -0.39 is 0 Å². The van der Waals surface area contributed by atoms with Crippen molar-refractivity contribution in [2.75, 3.05) is 13.2 Å². The summed E-state index contributed by atoms with van der Waals surface area (Å²) in [6.45, 7) is 1.69. The van der Waals surface area contributed by atoms with Gasteiger partial charge in [0.05, 0.1) is 0 Å². The van der Waals surface area contributed by atoms with E-state index in [9.17, 15) is 0 Å². The van der Waals surface area contributed by atoms with Crippen LogP contribution in [0.5, 0.6) is 6.01 Å². The summed E-state index contributed by atoms with van der Waals surface area (Å²) >= 11 is 5.72. The van der Waals surface area contributed by atoms with Crippen molar-refractivity contribution >= 4 is 24.0 Å². The van der Waals surface area contributed by atoms with Gasteiger partial charge in [0, 0.05) is 12.2 Å². The molecule has 6 heteroatoms. The Balaban J connectivity index is 0.00000128. The third kappa shape index (κ3) is 4.12. The monoisotopic (exact) mass is 263 g/mol. The van der Waals surface area contributed by atoms with Gasteiger partial charge < -0.3 is 10.1 Å². The molecule has 1 aromatic heterocycles. The molecule has 1 unspecified atom stereocenters.